The van der Waals surface area contributed by atoms with Crippen molar-refractivity contribution in [3.63, 3.8) is 0 Å². The van der Waals surface area contributed by atoms with E-state index in [1.807, 2.05) is 11.3 Å². The number of anilines is 1. The molecule has 2 heterocycles. The van der Waals surface area contributed by atoms with Crippen LogP contribution in [0.5, 0.6) is 0 Å². The summed E-state index contributed by atoms with van der Waals surface area (Å²) < 4.78 is 3.69. The van der Waals surface area contributed by atoms with E-state index in [9.17, 15) is 0 Å². The fraction of sp³-hybridized carbons (Fsp3) is 0.455. The summed E-state index contributed by atoms with van der Waals surface area (Å²) in [4.78, 5) is 8.82. The monoisotopic (exact) mass is 381 g/mol. The molecule has 0 radical (unpaired) electrons. The van der Waals surface area contributed by atoms with Crippen molar-refractivity contribution in [3.8, 4) is 10.6 Å². The van der Waals surface area contributed by atoms with Crippen LogP contribution in [0.15, 0.2) is 30.3 Å². The maximum absolute atomic E-state index is 5.05. The third kappa shape index (κ3) is 3.58. The SMILES string of the molecule is CCc1cc(N2CCNCC2)cc2sc3cc(=[N+](CC)CC)ccc-3nc12. The molecule has 1 aromatic carbocycles. The average molecular weight is 382 g/mol. The summed E-state index contributed by atoms with van der Waals surface area (Å²) in [6.07, 6.45) is 1.01. The molecule has 2 aliphatic heterocycles. The first-order chi connectivity index (χ1) is 13.2. The summed E-state index contributed by atoms with van der Waals surface area (Å²) in [5.41, 5.74) is 4.97. The van der Waals surface area contributed by atoms with Crippen molar-refractivity contribution in [2.24, 2.45) is 0 Å². The summed E-state index contributed by atoms with van der Waals surface area (Å²) in [7, 11) is 0. The number of nitrogens with zero attached hydrogens (tertiary/aromatic N) is 3. The lowest BCUT2D eigenvalue weighted by molar-refractivity contribution is 0.589. The highest BCUT2D eigenvalue weighted by atomic mass is 32.1. The van der Waals surface area contributed by atoms with Gasteiger partial charge in [0.05, 0.1) is 20.8 Å². The van der Waals surface area contributed by atoms with Crippen LogP contribution in [0.4, 0.5) is 5.69 Å². The molecule has 0 unspecified atom stereocenters. The van der Waals surface area contributed by atoms with Crippen molar-refractivity contribution >= 4 is 27.2 Å². The highest BCUT2D eigenvalue weighted by Crippen LogP contribution is 2.34. The predicted molar refractivity (Wildman–Crippen MR) is 117 cm³/mol. The zero-order valence-electron chi connectivity index (χ0n) is 16.6. The van der Waals surface area contributed by atoms with Gasteiger partial charge >= 0.3 is 0 Å². The van der Waals surface area contributed by atoms with Gasteiger partial charge in [-0.2, -0.15) is 0 Å². The predicted octanol–water partition coefficient (Wildman–Crippen LogP) is 3.19. The second-order valence-corrected chi connectivity index (χ2v) is 8.16. The van der Waals surface area contributed by atoms with Gasteiger partial charge in [-0.05, 0) is 44.0 Å². The van der Waals surface area contributed by atoms with Crippen molar-refractivity contribution < 1.29 is 0 Å². The maximum Gasteiger partial charge on any atom is 0.201 e. The first-order valence-electron chi connectivity index (χ1n) is 10.1. The number of piperazine rings is 1. The van der Waals surface area contributed by atoms with Crippen LogP contribution >= 0.6 is 11.3 Å². The van der Waals surface area contributed by atoms with Gasteiger partial charge in [0, 0.05) is 44.0 Å². The molecule has 142 valence electrons. The molecule has 1 aromatic rings. The number of fused-ring (bicyclic) bond motifs is 2. The third-order valence-corrected chi connectivity index (χ3v) is 6.60. The maximum atomic E-state index is 5.05. The van der Waals surface area contributed by atoms with E-state index in [0.717, 1.165) is 51.4 Å². The topological polar surface area (TPSA) is 31.2 Å². The Balaban J connectivity index is 1.90. The molecular weight excluding hydrogens is 352 g/mol. The van der Waals surface area contributed by atoms with Crippen LogP contribution in [0.25, 0.3) is 20.8 Å². The Bertz CT molecular complexity index is 979. The molecule has 3 aliphatic rings. The van der Waals surface area contributed by atoms with E-state index in [1.165, 1.54) is 31.7 Å². The molecule has 0 bridgehead atoms. The van der Waals surface area contributed by atoms with Gasteiger partial charge in [0.25, 0.3) is 0 Å². The zero-order chi connectivity index (χ0) is 18.8. The van der Waals surface area contributed by atoms with Crippen molar-refractivity contribution in [1.82, 2.24) is 14.9 Å². The smallest absolute Gasteiger partial charge is 0.201 e. The van der Waals surface area contributed by atoms with Crippen LogP contribution in [-0.2, 0) is 6.42 Å². The van der Waals surface area contributed by atoms with Crippen molar-refractivity contribution in [1.29, 1.82) is 0 Å². The molecule has 5 heteroatoms. The van der Waals surface area contributed by atoms with E-state index in [4.69, 9.17) is 4.98 Å². The van der Waals surface area contributed by atoms with Crippen LogP contribution in [0.2, 0.25) is 0 Å². The van der Waals surface area contributed by atoms with Crippen molar-refractivity contribution in [2.45, 2.75) is 27.2 Å². The molecular formula is C22H29N4S+. The molecule has 0 aromatic heterocycles. The lowest BCUT2D eigenvalue weighted by Crippen LogP contribution is -2.43. The van der Waals surface area contributed by atoms with E-state index < -0.39 is 0 Å². The molecule has 1 fully saturated rings. The molecule has 1 N–H and O–H groups in total. The number of nitrogens with one attached hydrogen (secondary N) is 1. The zero-order valence-corrected chi connectivity index (χ0v) is 17.4. The number of aromatic nitrogens is 1. The molecule has 0 spiro atoms. The van der Waals surface area contributed by atoms with E-state index in [2.05, 4.69) is 65.9 Å². The Labute approximate surface area is 165 Å². The summed E-state index contributed by atoms with van der Waals surface area (Å²) in [6, 6.07) is 11.4. The lowest BCUT2D eigenvalue weighted by Gasteiger charge is -2.30. The van der Waals surface area contributed by atoms with E-state index in [0.29, 0.717) is 0 Å². The van der Waals surface area contributed by atoms with Crippen LogP contribution in [-0.4, -0.2) is 44.3 Å². The quantitative estimate of drug-likeness (QED) is 0.556. The van der Waals surface area contributed by atoms with Crippen LogP contribution in [0, 0.1) is 0 Å². The Kier molecular flexibility index (Phi) is 5.41. The van der Waals surface area contributed by atoms with Gasteiger partial charge in [0.15, 0.2) is 0 Å². The summed E-state index contributed by atoms with van der Waals surface area (Å²) >= 11 is 1.88. The third-order valence-electron chi connectivity index (χ3n) is 5.53. The highest BCUT2D eigenvalue weighted by Gasteiger charge is 2.16. The minimum atomic E-state index is 1.01. The standard InChI is InChI=1S/C22H29N4S/c1-4-16-13-18(26-11-9-23-10-12-26)15-21-22(16)24-19-8-7-17(14-20(19)27-21)25(5-2)6-3/h7-8,13-15,23H,4-6,9-12H2,1-3H3/q+1. The Hall–Kier alpha value is -1.98. The van der Waals surface area contributed by atoms with Crippen LogP contribution in [0.1, 0.15) is 26.3 Å². The minimum Gasteiger partial charge on any atom is -0.369 e. The molecule has 0 amide bonds. The van der Waals surface area contributed by atoms with E-state index in [-0.39, 0.29) is 0 Å². The van der Waals surface area contributed by atoms with Gasteiger partial charge in [-0.25, -0.2) is 9.56 Å². The highest BCUT2D eigenvalue weighted by molar-refractivity contribution is 7.21. The van der Waals surface area contributed by atoms with Crippen LogP contribution in [0.3, 0.4) is 0 Å². The lowest BCUT2D eigenvalue weighted by atomic mass is 10.1. The number of aryl methyl sites for hydroxylation is 1. The van der Waals surface area contributed by atoms with Gasteiger partial charge in [-0.1, -0.05) is 6.92 Å². The van der Waals surface area contributed by atoms with Gasteiger partial charge < -0.3 is 10.2 Å². The Morgan fingerprint density at radius 2 is 1.85 bits per heavy atom. The number of hydrogen-bond donors (Lipinski definition) is 1. The van der Waals surface area contributed by atoms with Crippen molar-refractivity contribution in [3.05, 3.63) is 41.3 Å². The van der Waals surface area contributed by atoms with Gasteiger partial charge in [-0.3, -0.25) is 0 Å². The number of rotatable bonds is 4. The van der Waals surface area contributed by atoms with E-state index in [1.54, 1.807) is 0 Å². The fourth-order valence-electron chi connectivity index (χ4n) is 3.93. The molecule has 4 nitrogen and oxygen atoms in total. The summed E-state index contributed by atoms with van der Waals surface area (Å²) in [5.74, 6) is 0. The summed E-state index contributed by atoms with van der Waals surface area (Å²) in [6.45, 7) is 13.0. The second-order valence-electron chi connectivity index (χ2n) is 7.08. The molecule has 4 rings (SSSR count). The summed E-state index contributed by atoms with van der Waals surface area (Å²) in [5, 5.41) is 4.74. The first kappa shape index (κ1) is 18.4. The van der Waals surface area contributed by atoms with Gasteiger partial charge in [0.2, 0.25) is 5.36 Å². The largest absolute Gasteiger partial charge is 0.369 e. The molecule has 1 saturated heterocycles. The Morgan fingerprint density at radius 1 is 1.07 bits per heavy atom. The van der Waals surface area contributed by atoms with Gasteiger partial charge in [-0.15, -0.1) is 11.3 Å². The van der Waals surface area contributed by atoms with Gasteiger partial charge in [0.1, 0.15) is 13.1 Å². The fourth-order valence-corrected chi connectivity index (χ4v) is 5.02. The molecule has 1 aliphatic carbocycles. The van der Waals surface area contributed by atoms with Crippen LogP contribution < -0.4 is 20.1 Å². The minimum absolute atomic E-state index is 1.01. The normalized spacial score (nSPS) is 14.9. The Morgan fingerprint density at radius 3 is 2.56 bits per heavy atom. The average Bonchev–Trinajstić information content (AvgIpc) is 2.73. The molecule has 0 atom stereocenters. The number of hydrogen-bond acceptors (Lipinski definition) is 4. The first-order valence-corrected chi connectivity index (χ1v) is 11.0. The van der Waals surface area contributed by atoms with Crippen molar-refractivity contribution in [2.75, 3.05) is 44.2 Å². The molecule has 27 heavy (non-hydrogen) atoms. The molecule has 0 saturated carbocycles. The second kappa shape index (κ2) is 7.95. The van der Waals surface area contributed by atoms with E-state index >= 15 is 0 Å². The number of benzene rings is 2.